The number of hydrogen-bond donors (Lipinski definition) is 0. The van der Waals surface area contributed by atoms with Gasteiger partial charge >= 0.3 is 6.18 Å². The molecule has 0 unspecified atom stereocenters. The Kier molecular flexibility index (Phi) is 4.28. The van der Waals surface area contributed by atoms with Crippen molar-refractivity contribution in [2.75, 3.05) is 7.05 Å². The SMILES string of the molecule is CC(C)N1C(=O)/C(=C/c2ccc(C(F)(F)F)cc2)N(C)C1=S. The van der Waals surface area contributed by atoms with Crippen molar-refractivity contribution in [2.45, 2.75) is 26.1 Å². The second kappa shape index (κ2) is 5.72. The Hall–Kier alpha value is -1.89. The van der Waals surface area contributed by atoms with E-state index in [9.17, 15) is 18.0 Å². The lowest BCUT2D eigenvalue weighted by Gasteiger charge is -2.19. The highest BCUT2D eigenvalue weighted by Crippen LogP contribution is 2.30. The maximum absolute atomic E-state index is 12.5. The number of likely N-dealkylation sites (N-methyl/N-ethyl adjacent to an activating group) is 1. The van der Waals surface area contributed by atoms with Crippen molar-refractivity contribution in [1.82, 2.24) is 9.80 Å². The molecule has 1 amide bonds. The summed E-state index contributed by atoms with van der Waals surface area (Å²) in [6, 6.07) is 4.56. The minimum Gasteiger partial charge on any atom is -0.317 e. The van der Waals surface area contributed by atoms with Gasteiger partial charge < -0.3 is 4.90 Å². The van der Waals surface area contributed by atoms with Crippen LogP contribution in [-0.2, 0) is 11.0 Å². The van der Waals surface area contributed by atoms with E-state index in [0.717, 1.165) is 12.1 Å². The van der Waals surface area contributed by atoms with E-state index in [-0.39, 0.29) is 11.9 Å². The summed E-state index contributed by atoms with van der Waals surface area (Å²) in [4.78, 5) is 15.4. The fraction of sp³-hybridized carbons (Fsp3) is 0.333. The fourth-order valence-electron chi connectivity index (χ4n) is 2.16. The van der Waals surface area contributed by atoms with Crippen molar-refractivity contribution >= 4 is 29.3 Å². The van der Waals surface area contributed by atoms with Gasteiger partial charge in [-0.3, -0.25) is 9.69 Å². The molecule has 1 saturated heterocycles. The Morgan fingerprint density at radius 3 is 2.14 bits per heavy atom. The van der Waals surface area contributed by atoms with Crippen molar-refractivity contribution < 1.29 is 18.0 Å². The Labute approximate surface area is 132 Å². The minimum absolute atomic E-state index is 0.0824. The lowest BCUT2D eigenvalue weighted by molar-refractivity contribution is -0.137. The van der Waals surface area contributed by atoms with Gasteiger partial charge in [0.2, 0.25) is 0 Å². The van der Waals surface area contributed by atoms with Gasteiger partial charge in [-0.15, -0.1) is 0 Å². The molecule has 0 atom stereocenters. The number of nitrogens with zero attached hydrogens (tertiary/aromatic N) is 2. The van der Waals surface area contributed by atoms with E-state index >= 15 is 0 Å². The van der Waals surface area contributed by atoms with Crippen molar-refractivity contribution in [3.05, 3.63) is 41.1 Å². The molecule has 1 aliphatic heterocycles. The molecule has 0 N–H and O–H groups in total. The van der Waals surface area contributed by atoms with Gasteiger partial charge in [0.1, 0.15) is 5.70 Å². The molecule has 2 rings (SSSR count). The predicted molar refractivity (Wildman–Crippen MR) is 81.8 cm³/mol. The van der Waals surface area contributed by atoms with Crippen LogP contribution in [0.25, 0.3) is 6.08 Å². The van der Waals surface area contributed by atoms with E-state index in [1.54, 1.807) is 11.9 Å². The number of thiocarbonyl (C=S) groups is 1. The summed E-state index contributed by atoms with van der Waals surface area (Å²) in [6.45, 7) is 3.69. The van der Waals surface area contributed by atoms with Crippen LogP contribution >= 0.6 is 12.2 Å². The molecule has 0 radical (unpaired) electrons. The van der Waals surface area contributed by atoms with Crippen molar-refractivity contribution in [1.29, 1.82) is 0 Å². The van der Waals surface area contributed by atoms with Gasteiger partial charge in [0.15, 0.2) is 5.11 Å². The molecule has 3 nitrogen and oxygen atoms in total. The highest BCUT2D eigenvalue weighted by molar-refractivity contribution is 7.80. The number of amides is 1. The first-order chi connectivity index (χ1) is 10.1. The molecule has 22 heavy (non-hydrogen) atoms. The normalized spacial score (nSPS) is 18.0. The second-order valence-corrected chi connectivity index (χ2v) is 5.62. The molecule has 1 aliphatic rings. The summed E-state index contributed by atoms with van der Waals surface area (Å²) in [6.07, 6.45) is -2.83. The van der Waals surface area contributed by atoms with Crippen LogP contribution < -0.4 is 0 Å². The quantitative estimate of drug-likeness (QED) is 0.613. The van der Waals surface area contributed by atoms with Gasteiger partial charge in [0.05, 0.1) is 5.56 Å². The largest absolute Gasteiger partial charge is 0.416 e. The Bertz CT molecular complexity index is 635. The van der Waals surface area contributed by atoms with Crippen LogP contribution in [0.5, 0.6) is 0 Å². The molecule has 0 bridgehead atoms. The molecule has 1 heterocycles. The molecule has 0 aliphatic carbocycles. The Balaban J connectivity index is 2.33. The van der Waals surface area contributed by atoms with E-state index in [2.05, 4.69) is 0 Å². The third-order valence-electron chi connectivity index (χ3n) is 3.35. The smallest absolute Gasteiger partial charge is 0.317 e. The number of alkyl halides is 3. The number of carbonyl (C=O) groups is 1. The van der Waals surface area contributed by atoms with Crippen LogP contribution in [0, 0.1) is 0 Å². The molecule has 7 heteroatoms. The zero-order valence-electron chi connectivity index (χ0n) is 12.3. The minimum atomic E-state index is -4.37. The molecule has 1 aromatic rings. The molecule has 0 saturated carbocycles. The fourth-order valence-corrected chi connectivity index (χ4v) is 2.55. The molecule has 1 aromatic carbocycles. The lowest BCUT2D eigenvalue weighted by Crippen LogP contribution is -2.36. The average molecular weight is 328 g/mol. The van der Waals surface area contributed by atoms with E-state index < -0.39 is 11.7 Å². The summed E-state index contributed by atoms with van der Waals surface area (Å²) in [7, 11) is 1.67. The van der Waals surface area contributed by atoms with Gasteiger partial charge in [-0.05, 0) is 49.8 Å². The van der Waals surface area contributed by atoms with Crippen LogP contribution in [0.15, 0.2) is 30.0 Å². The van der Waals surface area contributed by atoms with Gasteiger partial charge in [0, 0.05) is 13.1 Å². The maximum Gasteiger partial charge on any atom is 0.416 e. The first-order valence-electron chi connectivity index (χ1n) is 6.63. The van der Waals surface area contributed by atoms with Crippen LogP contribution in [0.4, 0.5) is 13.2 Å². The van der Waals surface area contributed by atoms with E-state index in [1.807, 2.05) is 13.8 Å². The van der Waals surface area contributed by atoms with Gasteiger partial charge in [-0.25, -0.2) is 0 Å². The van der Waals surface area contributed by atoms with Gasteiger partial charge in [-0.2, -0.15) is 13.2 Å². The van der Waals surface area contributed by atoms with E-state index in [0.29, 0.717) is 16.4 Å². The summed E-state index contributed by atoms with van der Waals surface area (Å²) < 4.78 is 37.6. The van der Waals surface area contributed by atoms with Gasteiger partial charge in [0.25, 0.3) is 5.91 Å². The number of halogens is 3. The third-order valence-corrected chi connectivity index (χ3v) is 3.82. The van der Waals surface area contributed by atoms with E-state index in [4.69, 9.17) is 12.2 Å². The van der Waals surface area contributed by atoms with E-state index in [1.165, 1.54) is 23.1 Å². The first kappa shape index (κ1) is 16.5. The summed E-state index contributed by atoms with van der Waals surface area (Å²) >= 11 is 5.22. The highest BCUT2D eigenvalue weighted by atomic mass is 32.1. The maximum atomic E-state index is 12.5. The van der Waals surface area contributed by atoms with Crippen molar-refractivity contribution in [3.63, 3.8) is 0 Å². The summed E-state index contributed by atoms with van der Waals surface area (Å²) in [5.41, 5.74) is 0.134. The zero-order valence-corrected chi connectivity index (χ0v) is 13.1. The number of rotatable bonds is 2. The van der Waals surface area contributed by atoms with Crippen LogP contribution in [0.1, 0.15) is 25.0 Å². The first-order valence-corrected chi connectivity index (χ1v) is 7.04. The standard InChI is InChI=1S/C15H15F3N2OS/c1-9(2)20-13(21)12(19(3)14(20)22)8-10-4-6-11(7-5-10)15(16,17)18/h4-9H,1-3H3/b12-8-. The lowest BCUT2D eigenvalue weighted by atomic mass is 10.1. The predicted octanol–water partition coefficient (Wildman–Crippen LogP) is 3.51. The monoisotopic (exact) mass is 328 g/mol. The van der Waals surface area contributed by atoms with Crippen LogP contribution in [-0.4, -0.2) is 33.9 Å². The molecule has 0 aromatic heterocycles. The van der Waals surface area contributed by atoms with Crippen LogP contribution in [0.3, 0.4) is 0 Å². The van der Waals surface area contributed by atoms with Crippen LogP contribution in [0.2, 0.25) is 0 Å². The number of carbonyl (C=O) groups excluding carboxylic acids is 1. The topological polar surface area (TPSA) is 23.6 Å². The number of hydrogen-bond acceptors (Lipinski definition) is 2. The Morgan fingerprint density at radius 1 is 1.18 bits per heavy atom. The molecular weight excluding hydrogens is 313 g/mol. The van der Waals surface area contributed by atoms with Crippen molar-refractivity contribution in [2.24, 2.45) is 0 Å². The zero-order chi connectivity index (χ0) is 16.7. The summed E-state index contributed by atoms with van der Waals surface area (Å²) in [5, 5.41) is 0.387. The third kappa shape index (κ3) is 2.99. The molecular formula is C15H15F3N2OS. The summed E-state index contributed by atoms with van der Waals surface area (Å²) in [5.74, 6) is -0.248. The Morgan fingerprint density at radius 2 is 1.73 bits per heavy atom. The molecule has 118 valence electrons. The molecule has 1 fully saturated rings. The second-order valence-electron chi connectivity index (χ2n) is 5.26. The van der Waals surface area contributed by atoms with Gasteiger partial charge in [-0.1, -0.05) is 12.1 Å². The number of benzene rings is 1. The van der Waals surface area contributed by atoms with Crippen molar-refractivity contribution in [3.8, 4) is 0 Å². The average Bonchev–Trinajstić information content (AvgIpc) is 2.62. The molecule has 0 spiro atoms. The highest BCUT2D eigenvalue weighted by Gasteiger charge is 2.37.